The van der Waals surface area contributed by atoms with E-state index in [0.29, 0.717) is 21.9 Å². The van der Waals surface area contributed by atoms with E-state index in [4.69, 9.17) is 0 Å². The second kappa shape index (κ2) is 6.02. The van der Waals surface area contributed by atoms with E-state index >= 15 is 0 Å². The van der Waals surface area contributed by atoms with Crippen molar-refractivity contribution in [3.05, 3.63) is 71.3 Å². The van der Waals surface area contributed by atoms with Crippen LogP contribution in [-0.4, -0.2) is 21.3 Å². The molecule has 0 radical (unpaired) electrons. The number of aryl methyl sites for hydroxylation is 2. The van der Waals surface area contributed by atoms with E-state index in [2.05, 4.69) is 0 Å². The average Bonchev–Trinajstić information content (AvgIpc) is 2.62. The van der Waals surface area contributed by atoms with Crippen LogP contribution < -0.4 is 0 Å². The lowest BCUT2D eigenvalue weighted by atomic mass is 9.89. The number of benzene rings is 4. The number of fused-ring (bicyclic) bond motifs is 2. The van der Waals surface area contributed by atoms with E-state index < -0.39 is 5.97 Å². The zero-order valence-electron chi connectivity index (χ0n) is 14.9. The van der Waals surface area contributed by atoms with E-state index in [-0.39, 0.29) is 17.1 Å². The molecule has 4 rings (SSSR count). The van der Waals surface area contributed by atoms with E-state index in [1.165, 1.54) is 6.07 Å². The highest BCUT2D eigenvalue weighted by Gasteiger charge is 2.22. The minimum atomic E-state index is -1.22. The molecule has 0 fully saturated rings. The van der Waals surface area contributed by atoms with E-state index in [1.54, 1.807) is 6.07 Å². The minimum Gasteiger partial charge on any atom is -0.507 e. The molecule has 0 atom stereocenters. The third-order valence-corrected chi connectivity index (χ3v) is 4.90. The van der Waals surface area contributed by atoms with Crippen molar-refractivity contribution >= 4 is 27.5 Å². The Labute approximate surface area is 155 Å². The molecule has 0 aromatic heterocycles. The molecular weight excluding hydrogens is 340 g/mol. The number of carboxylic acid groups (broad SMARTS) is 1. The summed E-state index contributed by atoms with van der Waals surface area (Å²) in [6.45, 7) is 3.90. The second-order valence-corrected chi connectivity index (χ2v) is 6.86. The molecule has 0 saturated heterocycles. The van der Waals surface area contributed by atoms with Crippen molar-refractivity contribution < 1.29 is 20.1 Å². The Balaban J connectivity index is 2.23. The maximum Gasteiger partial charge on any atom is 0.339 e. The largest absolute Gasteiger partial charge is 0.507 e. The van der Waals surface area contributed by atoms with Gasteiger partial charge in [0.2, 0.25) is 0 Å². The van der Waals surface area contributed by atoms with Gasteiger partial charge in [-0.15, -0.1) is 0 Å². The minimum absolute atomic E-state index is 0.00827. The fourth-order valence-electron chi connectivity index (χ4n) is 3.63. The van der Waals surface area contributed by atoms with Crippen LogP contribution in [0.5, 0.6) is 11.5 Å². The van der Waals surface area contributed by atoms with Crippen LogP contribution in [0.25, 0.3) is 32.7 Å². The molecule has 0 aliphatic carbocycles. The molecular formula is C23H18O4. The van der Waals surface area contributed by atoms with Gasteiger partial charge in [-0.25, -0.2) is 4.79 Å². The molecule has 0 amide bonds. The molecule has 4 aromatic carbocycles. The third kappa shape index (κ3) is 2.66. The van der Waals surface area contributed by atoms with E-state index in [0.717, 1.165) is 21.9 Å². The highest BCUT2D eigenvalue weighted by Crippen LogP contribution is 2.46. The number of carboxylic acids is 1. The number of carbonyl (C=O) groups is 1. The summed E-state index contributed by atoms with van der Waals surface area (Å²) >= 11 is 0. The van der Waals surface area contributed by atoms with Crippen LogP contribution in [0.1, 0.15) is 21.5 Å². The zero-order chi connectivity index (χ0) is 19.3. The molecule has 0 unspecified atom stereocenters. The van der Waals surface area contributed by atoms with Crippen LogP contribution in [0.3, 0.4) is 0 Å². The van der Waals surface area contributed by atoms with Crippen LogP contribution in [0.4, 0.5) is 0 Å². The molecule has 4 aromatic rings. The number of phenolic OH excluding ortho intramolecular Hbond substituents is 1. The first-order valence-corrected chi connectivity index (χ1v) is 8.59. The van der Waals surface area contributed by atoms with Crippen LogP contribution >= 0.6 is 0 Å². The molecule has 27 heavy (non-hydrogen) atoms. The second-order valence-electron chi connectivity index (χ2n) is 6.86. The van der Waals surface area contributed by atoms with Crippen molar-refractivity contribution in [3.63, 3.8) is 0 Å². The Bertz CT molecular complexity index is 1240. The maximum atomic E-state index is 11.7. The summed E-state index contributed by atoms with van der Waals surface area (Å²) in [4.78, 5) is 11.7. The number of aromatic carboxylic acids is 1. The molecule has 0 bridgehead atoms. The number of rotatable bonds is 2. The standard InChI is InChI=1S/C23H18O4/c1-12-3-6-16-14(9-12)5-8-19(24)20(16)21-17-7-4-13(2)10-15(17)11-18(22(21)25)23(26)27/h3-11,24-25H,1-2H3,(H,26,27). The summed E-state index contributed by atoms with van der Waals surface area (Å²) in [7, 11) is 0. The normalized spacial score (nSPS) is 11.2. The molecule has 0 aliphatic rings. The van der Waals surface area contributed by atoms with Gasteiger partial charge in [0.15, 0.2) is 0 Å². The van der Waals surface area contributed by atoms with Gasteiger partial charge >= 0.3 is 5.97 Å². The van der Waals surface area contributed by atoms with Gasteiger partial charge in [-0.2, -0.15) is 0 Å². The highest BCUT2D eigenvalue weighted by atomic mass is 16.4. The van der Waals surface area contributed by atoms with E-state index in [1.807, 2.05) is 56.3 Å². The predicted octanol–water partition coefficient (Wildman–Crippen LogP) is 5.39. The lowest BCUT2D eigenvalue weighted by Crippen LogP contribution is -1.99. The summed E-state index contributed by atoms with van der Waals surface area (Å²) in [5, 5.41) is 34.1. The van der Waals surface area contributed by atoms with Gasteiger partial charge in [-0.3, -0.25) is 0 Å². The number of phenols is 2. The summed E-state index contributed by atoms with van der Waals surface area (Å²) in [5.74, 6) is -1.57. The summed E-state index contributed by atoms with van der Waals surface area (Å²) < 4.78 is 0. The molecule has 3 N–H and O–H groups in total. The molecule has 0 spiro atoms. The summed E-state index contributed by atoms with van der Waals surface area (Å²) in [5.41, 5.74) is 2.63. The Kier molecular flexibility index (Phi) is 3.77. The Hall–Kier alpha value is -3.53. The van der Waals surface area contributed by atoms with Gasteiger partial charge in [-0.05, 0) is 47.5 Å². The lowest BCUT2D eigenvalue weighted by Gasteiger charge is -2.16. The molecule has 0 aliphatic heterocycles. The first-order valence-electron chi connectivity index (χ1n) is 8.59. The Morgan fingerprint density at radius 1 is 0.741 bits per heavy atom. The molecule has 4 nitrogen and oxygen atoms in total. The topological polar surface area (TPSA) is 77.8 Å². The van der Waals surface area contributed by atoms with Gasteiger partial charge in [0.1, 0.15) is 17.1 Å². The van der Waals surface area contributed by atoms with Gasteiger partial charge < -0.3 is 15.3 Å². The van der Waals surface area contributed by atoms with Gasteiger partial charge in [0.25, 0.3) is 0 Å². The lowest BCUT2D eigenvalue weighted by molar-refractivity contribution is 0.0694. The van der Waals surface area contributed by atoms with Crippen LogP contribution in [-0.2, 0) is 0 Å². The molecule has 4 heteroatoms. The van der Waals surface area contributed by atoms with Crippen molar-refractivity contribution in [2.75, 3.05) is 0 Å². The highest BCUT2D eigenvalue weighted by molar-refractivity contribution is 6.13. The Morgan fingerprint density at radius 3 is 1.96 bits per heavy atom. The quantitative estimate of drug-likeness (QED) is 0.449. The SMILES string of the molecule is Cc1ccc2c(-c3c(O)c(C(=O)O)cc4cc(C)ccc34)c(O)ccc2c1. The fourth-order valence-corrected chi connectivity index (χ4v) is 3.63. The summed E-state index contributed by atoms with van der Waals surface area (Å²) in [6.07, 6.45) is 0. The van der Waals surface area contributed by atoms with Crippen LogP contribution in [0.2, 0.25) is 0 Å². The van der Waals surface area contributed by atoms with Crippen LogP contribution in [0.15, 0.2) is 54.6 Å². The zero-order valence-corrected chi connectivity index (χ0v) is 14.9. The molecule has 134 valence electrons. The van der Waals surface area contributed by atoms with Crippen molar-refractivity contribution in [2.45, 2.75) is 13.8 Å². The summed E-state index contributed by atoms with van der Waals surface area (Å²) in [6, 6.07) is 16.3. The van der Waals surface area contributed by atoms with Gasteiger partial charge in [-0.1, -0.05) is 53.6 Å². The van der Waals surface area contributed by atoms with Gasteiger partial charge in [0.05, 0.1) is 0 Å². The molecule has 0 heterocycles. The predicted molar refractivity (Wildman–Crippen MR) is 107 cm³/mol. The maximum absolute atomic E-state index is 11.7. The van der Waals surface area contributed by atoms with Crippen molar-refractivity contribution in [3.8, 4) is 22.6 Å². The average molecular weight is 358 g/mol. The number of hydrogen-bond acceptors (Lipinski definition) is 3. The van der Waals surface area contributed by atoms with Crippen LogP contribution in [0, 0.1) is 13.8 Å². The van der Waals surface area contributed by atoms with E-state index in [9.17, 15) is 20.1 Å². The Morgan fingerprint density at radius 2 is 1.33 bits per heavy atom. The van der Waals surface area contributed by atoms with Crippen molar-refractivity contribution in [1.29, 1.82) is 0 Å². The first-order chi connectivity index (χ1) is 12.9. The van der Waals surface area contributed by atoms with Gasteiger partial charge in [0, 0.05) is 11.1 Å². The monoisotopic (exact) mass is 358 g/mol. The van der Waals surface area contributed by atoms with Crippen molar-refractivity contribution in [1.82, 2.24) is 0 Å². The third-order valence-electron chi connectivity index (χ3n) is 4.90. The molecule has 0 saturated carbocycles. The fraction of sp³-hybridized carbons (Fsp3) is 0.0870. The van der Waals surface area contributed by atoms with Crippen molar-refractivity contribution in [2.24, 2.45) is 0 Å². The number of hydrogen-bond donors (Lipinski definition) is 3. The number of aromatic hydroxyl groups is 2. The smallest absolute Gasteiger partial charge is 0.339 e. The first kappa shape index (κ1) is 16.9.